The van der Waals surface area contributed by atoms with Gasteiger partial charge in [-0.1, -0.05) is 0 Å². The van der Waals surface area contributed by atoms with Crippen LogP contribution in [-0.4, -0.2) is 111 Å². The van der Waals surface area contributed by atoms with Crippen LogP contribution in [0.15, 0.2) is 66.7 Å². The predicted octanol–water partition coefficient (Wildman–Crippen LogP) is 4.18. The fraction of sp³-hybridized carbons (Fsp3) is 0.136. The summed E-state index contributed by atoms with van der Waals surface area (Å²) < 4.78 is 17.7. The zero-order valence-electron chi connectivity index (χ0n) is 33.2. The molecule has 1 heterocycles. The van der Waals surface area contributed by atoms with Crippen molar-refractivity contribution < 1.29 is 111 Å². The van der Waals surface area contributed by atoms with Crippen molar-refractivity contribution in [1.29, 1.82) is 0 Å². The summed E-state index contributed by atoms with van der Waals surface area (Å²) in [5, 5.41) is 178. The first-order valence-electron chi connectivity index (χ1n) is 18.9. The van der Waals surface area contributed by atoms with Crippen molar-refractivity contribution in [2.45, 2.75) is 37.1 Å². The normalized spacial score (nSPS) is 15.2. The van der Waals surface area contributed by atoms with Crippen LogP contribution < -0.4 is 4.74 Å². The van der Waals surface area contributed by atoms with E-state index in [2.05, 4.69) is 0 Å². The van der Waals surface area contributed by atoms with E-state index < -0.39 is 163 Å². The molecule has 6 aromatic rings. The Labute approximate surface area is 368 Å². The molecule has 1 aliphatic rings. The molecule has 17 N–H and O–H groups in total. The average Bonchev–Trinajstić information content (AvgIpc) is 3.25. The molecular formula is C44H36O22. The van der Waals surface area contributed by atoms with Gasteiger partial charge in [0.15, 0.2) is 92.3 Å². The second kappa shape index (κ2) is 16.7. The van der Waals surface area contributed by atoms with Crippen LogP contribution in [0.3, 0.4) is 0 Å². The molecule has 0 amide bonds. The molecule has 4 atom stereocenters. The molecule has 0 spiro atoms. The smallest absolute Gasteiger partial charge is 0.338 e. The van der Waals surface area contributed by atoms with Gasteiger partial charge in [-0.3, -0.25) is 0 Å². The number of carbonyl (C=O) groups is 2. The van der Waals surface area contributed by atoms with Gasteiger partial charge in [0.05, 0.1) is 17.0 Å². The maximum absolute atomic E-state index is 13.9. The fourth-order valence-corrected chi connectivity index (χ4v) is 7.46. The molecule has 0 aliphatic carbocycles. The van der Waals surface area contributed by atoms with Crippen molar-refractivity contribution in [3.8, 4) is 103 Å². The first kappa shape index (κ1) is 44.7. The Hall–Kier alpha value is -9.34. The highest BCUT2D eigenvalue weighted by atomic mass is 16.6. The Kier molecular flexibility index (Phi) is 11.3. The summed E-state index contributed by atoms with van der Waals surface area (Å²) in [6, 6.07) is 9.09. The molecule has 22 heteroatoms. The Morgan fingerprint density at radius 3 is 1.38 bits per heavy atom. The third-order valence-electron chi connectivity index (χ3n) is 10.6. The lowest BCUT2D eigenvalue weighted by atomic mass is 9.80. The second-order valence-corrected chi connectivity index (χ2v) is 15.0. The number of rotatable bonds is 10. The second-order valence-electron chi connectivity index (χ2n) is 15.0. The summed E-state index contributed by atoms with van der Waals surface area (Å²) in [5.74, 6) is -21.0. The van der Waals surface area contributed by atoms with Crippen molar-refractivity contribution >= 4 is 11.9 Å². The summed E-state index contributed by atoms with van der Waals surface area (Å²) in [6.07, 6.45) is -6.42. The molecule has 344 valence electrons. The van der Waals surface area contributed by atoms with Gasteiger partial charge in [0.1, 0.15) is 29.5 Å². The highest BCUT2D eigenvalue weighted by Gasteiger charge is 2.42. The van der Waals surface area contributed by atoms with Crippen LogP contribution in [0.4, 0.5) is 0 Å². The SMILES string of the molecule is O=C(O[C@H](Cc1cc(O)c(O)c(O)c1)[C@@H](c1cc(O)c(O)c(O)c1)c1c(O)cc2c(c1O)C[C@@H](OC(=O)c1cc(O)c(O)c(O)c1)[C@@H](c1cc(O)c(O)c(O)c1)O2)c1cc(O)c(O)c(O)c1. The Balaban J connectivity index is 1.42. The van der Waals surface area contributed by atoms with E-state index in [0.29, 0.717) is 12.1 Å². The zero-order chi connectivity index (χ0) is 48.2. The van der Waals surface area contributed by atoms with Gasteiger partial charge in [-0.15, -0.1) is 0 Å². The maximum atomic E-state index is 13.9. The number of phenols is 17. The van der Waals surface area contributed by atoms with Gasteiger partial charge in [0, 0.05) is 35.6 Å². The van der Waals surface area contributed by atoms with Gasteiger partial charge in [-0.2, -0.15) is 0 Å². The largest absolute Gasteiger partial charge is 0.507 e. The third kappa shape index (κ3) is 8.19. The molecule has 1 aliphatic heterocycles. The van der Waals surface area contributed by atoms with E-state index in [0.717, 1.165) is 54.6 Å². The number of fused-ring (bicyclic) bond motifs is 1. The summed E-state index contributed by atoms with van der Waals surface area (Å²) >= 11 is 0. The number of benzene rings is 6. The number of hydrogen-bond donors (Lipinski definition) is 17. The highest BCUT2D eigenvalue weighted by molar-refractivity contribution is 5.92. The Morgan fingerprint density at radius 2 is 0.909 bits per heavy atom. The molecule has 66 heavy (non-hydrogen) atoms. The molecule has 22 nitrogen and oxygen atoms in total. The molecule has 0 unspecified atom stereocenters. The molecule has 0 saturated carbocycles. The first-order valence-corrected chi connectivity index (χ1v) is 18.9. The lowest BCUT2D eigenvalue weighted by Gasteiger charge is -2.36. The van der Waals surface area contributed by atoms with E-state index in [1.807, 2.05) is 0 Å². The van der Waals surface area contributed by atoms with Crippen molar-refractivity contribution in [2.24, 2.45) is 0 Å². The first-order chi connectivity index (χ1) is 31.0. The van der Waals surface area contributed by atoms with Crippen LogP contribution >= 0.6 is 0 Å². The maximum Gasteiger partial charge on any atom is 0.338 e. The van der Waals surface area contributed by atoms with E-state index in [4.69, 9.17) is 14.2 Å². The van der Waals surface area contributed by atoms with Crippen molar-refractivity contribution in [3.63, 3.8) is 0 Å². The highest BCUT2D eigenvalue weighted by Crippen LogP contribution is 2.53. The van der Waals surface area contributed by atoms with Gasteiger partial charge in [-0.25, -0.2) is 9.59 Å². The standard InChI is InChI=1S/C44H36O22/c45-20-13-31-19(12-33(42(64-31)16-6-25(50)39(59)26(51)7-16)66-44(63)18-10-29(54)41(61)30(55)11-18)36(56)35(20)34(15-4-23(48)38(58)24(49)5-15)32(3-14-1-21(46)37(57)22(47)2-14)65-43(62)17-8-27(52)40(60)28(53)9-17/h1-2,4-11,13,32-34,42,45-61H,3,12H2/t32-,33-,34-,42-/m1/s1. The van der Waals surface area contributed by atoms with Crippen LogP contribution in [0.5, 0.6) is 103 Å². The summed E-state index contributed by atoms with van der Waals surface area (Å²) in [7, 11) is 0. The van der Waals surface area contributed by atoms with Crippen molar-refractivity contribution in [2.75, 3.05) is 0 Å². The van der Waals surface area contributed by atoms with E-state index in [9.17, 15) is 96.4 Å². The molecule has 7 rings (SSSR count). The number of ether oxygens (including phenoxy) is 3. The predicted molar refractivity (Wildman–Crippen MR) is 218 cm³/mol. The van der Waals surface area contributed by atoms with Crippen LogP contribution in [0.1, 0.15) is 60.6 Å². The molecular weight excluding hydrogens is 880 g/mol. The summed E-state index contributed by atoms with van der Waals surface area (Å²) in [6.45, 7) is 0. The number of aromatic hydroxyl groups is 17. The minimum absolute atomic E-state index is 0.129. The number of phenolic OH excluding ortho intramolecular Hbond substituents is 17. The Morgan fingerprint density at radius 1 is 0.500 bits per heavy atom. The number of esters is 2. The molecule has 0 saturated heterocycles. The molecule has 6 aromatic carbocycles. The zero-order valence-corrected chi connectivity index (χ0v) is 33.2. The molecule has 0 radical (unpaired) electrons. The monoisotopic (exact) mass is 916 g/mol. The minimum Gasteiger partial charge on any atom is -0.507 e. The number of hydrogen-bond acceptors (Lipinski definition) is 22. The van der Waals surface area contributed by atoms with Gasteiger partial charge in [-0.05, 0) is 71.8 Å². The minimum atomic E-state index is -1.89. The Bertz CT molecular complexity index is 2850. The van der Waals surface area contributed by atoms with Crippen LogP contribution in [0.25, 0.3) is 0 Å². The van der Waals surface area contributed by atoms with E-state index in [1.165, 1.54) is 0 Å². The fourth-order valence-electron chi connectivity index (χ4n) is 7.46. The van der Waals surface area contributed by atoms with Crippen molar-refractivity contribution in [3.05, 3.63) is 106 Å². The van der Waals surface area contributed by atoms with Crippen LogP contribution in [-0.2, 0) is 22.3 Å². The van der Waals surface area contributed by atoms with Gasteiger partial charge < -0.3 is 101 Å². The topological polar surface area (TPSA) is 406 Å². The molecule has 0 fully saturated rings. The van der Waals surface area contributed by atoms with Gasteiger partial charge in [0.25, 0.3) is 0 Å². The van der Waals surface area contributed by atoms with Crippen molar-refractivity contribution in [1.82, 2.24) is 0 Å². The number of carbonyl (C=O) groups excluding carboxylic acids is 2. The quantitative estimate of drug-likeness (QED) is 0.0676. The van der Waals surface area contributed by atoms with E-state index in [-0.39, 0.29) is 28.0 Å². The molecule has 0 bridgehead atoms. The average molecular weight is 917 g/mol. The summed E-state index contributed by atoms with van der Waals surface area (Å²) in [4.78, 5) is 27.4. The molecule has 0 aromatic heterocycles. The van der Waals surface area contributed by atoms with Gasteiger partial charge >= 0.3 is 11.9 Å². The lowest BCUT2D eigenvalue weighted by Crippen LogP contribution is -2.35. The lowest BCUT2D eigenvalue weighted by molar-refractivity contribution is -0.0190. The van der Waals surface area contributed by atoms with E-state index in [1.54, 1.807) is 0 Å². The van der Waals surface area contributed by atoms with Crippen LogP contribution in [0, 0.1) is 0 Å². The summed E-state index contributed by atoms with van der Waals surface area (Å²) in [5.41, 5.74) is -2.72. The van der Waals surface area contributed by atoms with E-state index >= 15 is 0 Å². The van der Waals surface area contributed by atoms with Gasteiger partial charge in [0.2, 0.25) is 0 Å². The third-order valence-corrected chi connectivity index (χ3v) is 10.6. The van der Waals surface area contributed by atoms with Crippen LogP contribution in [0.2, 0.25) is 0 Å².